The van der Waals surface area contributed by atoms with E-state index in [2.05, 4.69) is 10.4 Å². The van der Waals surface area contributed by atoms with Crippen LogP contribution >= 0.6 is 23.2 Å². The third-order valence-electron chi connectivity index (χ3n) is 3.80. The lowest BCUT2D eigenvalue weighted by molar-refractivity contribution is 0.333. The lowest BCUT2D eigenvalue weighted by atomic mass is 9.85. The van der Waals surface area contributed by atoms with Crippen LogP contribution in [-0.4, -0.2) is 16.3 Å². The van der Waals surface area contributed by atoms with Crippen molar-refractivity contribution in [3.8, 4) is 5.69 Å². The monoisotopic (exact) mass is 323 g/mol. The number of aromatic nitrogens is 2. The highest BCUT2D eigenvalue weighted by atomic mass is 35.5. The van der Waals surface area contributed by atoms with Crippen LogP contribution in [0.2, 0.25) is 10.0 Å². The number of rotatable bonds is 4. The van der Waals surface area contributed by atoms with Gasteiger partial charge in [0.1, 0.15) is 5.02 Å². The highest BCUT2D eigenvalue weighted by Crippen LogP contribution is 2.27. The van der Waals surface area contributed by atoms with Gasteiger partial charge in [-0.25, -0.2) is 0 Å². The van der Waals surface area contributed by atoms with Gasteiger partial charge in [-0.3, -0.25) is 4.79 Å². The maximum atomic E-state index is 12.3. The van der Waals surface area contributed by atoms with Gasteiger partial charge in [0.15, 0.2) is 0 Å². The maximum absolute atomic E-state index is 12.3. The van der Waals surface area contributed by atoms with Gasteiger partial charge in [-0.2, -0.15) is 9.78 Å². The second kappa shape index (κ2) is 6.08. The molecule has 1 N–H and O–H groups in total. The van der Waals surface area contributed by atoms with Crippen molar-refractivity contribution < 1.29 is 0 Å². The van der Waals surface area contributed by atoms with E-state index >= 15 is 0 Å². The molecule has 0 atom stereocenters. The molecule has 1 aliphatic carbocycles. The molecule has 0 saturated heterocycles. The molecule has 1 saturated carbocycles. The molecule has 1 aromatic carbocycles. The van der Waals surface area contributed by atoms with Gasteiger partial charge in [0.2, 0.25) is 0 Å². The first-order chi connectivity index (χ1) is 10.1. The van der Waals surface area contributed by atoms with E-state index < -0.39 is 0 Å². The zero-order valence-corrected chi connectivity index (χ0v) is 12.9. The smallest absolute Gasteiger partial charge is 0.292 e. The Balaban J connectivity index is 1.85. The first-order valence-electron chi connectivity index (χ1n) is 6.93. The molecule has 0 spiro atoms. The molecule has 1 aliphatic rings. The Morgan fingerprint density at radius 2 is 1.95 bits per heavy atom. The van der Waals surface area contributed by atoms with Gasteiger partial charge >= 0.3 is 0 Å². The second-order valence-electron chi connectivity index (χ2n) is 5.24. The van der Waals surface area contributed by atoms with Crippen LogP contribution in [0.5, 0.6) is 0 Å². The maximum Gasteiger partial charge on any atom is 0.292 e. The van der Waals surface area contributed by atoms with Crippen LogP contribution in [0.1, 0.15) is 19.3 Å². The standard InChI is InChI=1S/C15H15Cl2N3O/c16-11-4-6-12(7-5-11)20-15(21)14(17)13(9-19-20)18-8-10-2-1-3-10/h4-7,9-10,18H,1-3,8H2. The van der Waals surface area contributed by atoms with Crippen molar-refractivity contribution in [2.45, 2.75) is 19.3 Å². The fourth-order valence-electron chi connectivity index (χ4n) is 2.27. The van der Waals surface area contributed by atoms with Crippen molar-refractivity contribution in [3.63, 3.8) is 0 Å². The van der Waals surface area contributed by atoms with Gasteiger partial charge in [0.25, 0.3) is 5.56 Å². The molecule has 1 fully saturated rings. The van der Waals surface area contributed by atoms with E-state index in [1.807, 2.05) is 0 Å². The summed E-state index contributed by atoms with van der Waals surface area (Å²) in [5.74, 6) is 0.680. The van der Waals surface area contributed by atoms with Crippen LogP contribution in [0.15, 0.2) is 35.3 Å². The molecular weight excluding hydrogens is 309 g/mol. The first-order valence-corrected chi connectivity index (χ1v) is 7.68. The zero-order valence-electron chi connectivity index (χ0n) is 11.4. The molecule has 1 heterocycles. The largest absolute Gasteiger partial charge is 0.382 e. The van der Waals surface area contributed by atoms with Crippen LogP contribution < -0.4 is 10.9 Å². The molecule has 2 aromatic rings. The summed E-state index contributed by atoms with van der Waals surface area (Å²) < 4.78 is 1.27. The lowest BCUT2D eigenvalue weighted by Gasteiger charge is -2.25. The molecule has 110 valence electrons. The zero-order chi connectivity index (χ0) is 14.8. The van der Waals surface area contributed by atoms with E-state index in [4.69, 9.17) is 23.2 Å². The van der Waals surface area contributed by atoms with Gasteiger partial charge in [-0.1, -0.05) is 29.6 Å². The van der Waals surface area contributed by atoms with Crippen molar-refractivity contribution in [3.05, 3.63) is 50.9 Å². The quantitative estimate of drug-likeness (QED) is 0.932. The lowest BCUT2D eigenvalue weighted by Crippen LogP contribution is -2.25. The van der Waals surface area contributed by atoms with Gasteiger partial charge in [0, 0.05) is 11.6 Å². The molecule has 0 unspecified atom stereocenters. The van der Waals surface area contributed by atoms with Crippen molar-refractivity contribution in [1.29, 1.82) is 0 Å². The summed E-state index contributed by atoms with van der Waals surface area (Å²) in [7, 11) is 0. The highest BCUT2D eigenvalue weighted by molar-refractivity contribution is 6.33. The summed E-state index contributed by atoms with van der Waals surface area (Å²) in [5.41, 5.74) is 0.897. The molecule has 1 aromatic heterocycles. The first kappa shape index (κ1) is 14.4. The predicted molar refractivity (Wildman–Crippen MR) is 85.7 cm³/mol. The molecule has 0 bridgehead atoms. The topological polar surface area (TPSA) is 46.9 Å². The molecule has 0 radical (unpaired) electrons. The van der Waals surface area contributed by atoms with E-state index in [1.165, 1.54) is 23.9 Å². The summed E-state index contributed by atoms with van der Waals surface area (Å²) in [4.78, 5) is 12.3. The minimum absolute atomic E-state index is 0.166. The number of benzene rings is 1. The van der Waals surface area contributed by atoms with Crippen LogP contribution in [-0.2, 0) is 0 Å². The predicted octanol–water partition coefficient (Wildman–Crippen LogP) is 3.75. The number of hydrogen-bond donors (Lipinski definition) is 1. The van der Waals surface area contributed by atoms with Crippen molar-refractivity contribution in [1.82, 2.24) is 9.78 Å². The summed E-state index contributed by atoms with van der Waals surface area (Å²) in [6.07, 6.45) is 5.35. The number of nitrogens with one attached hydrogen (secondary N) is 1. The Kier molecular flexibility index (Phi) is 4.17. The SMILES string of the molecule is O=c1c(Cl)c(NCC2CCC2)cnn1-c1ccc(Cl)cc1. The van der Waals surface area contributed by atoms with Crippen LogP contribution in [0, 0.1) is 5.92 Å². The third-order valence-corrected chi connectivity index (χ3v) is 4.41. The molecule has 0 amide bonds. The van der Waals surface area contributed by atoms with E-state index in [0.717, 1.165) is 6.54 Å². The average Bonchev–Trinajstić information content (AvgIpc) is 2.43. The minimum Gasteiger partial charge on any atom is -0.382 e. The van der Waals surface area contributed by atoms with Gasteiger partial charge in [-0.15, -0.1) is 0 Å². The molecule has 4 nitrogen and oxygen atoms in total. The molecule has 0 aliphatic heterocycles. The van der Waals surface area contributed by atoms with Crippen LogP contribution in [0.25, 0.3) is 5.69 Å². The van der Waals surface area contributed by atoms with E-state index in [1.54, 1.807) is 30.5 Å². The number of hydrogen-bond acceptors (Lipinski definition) is 3. The second-order valence-corrected chi connectivity index (χ2v) is 6.06. The number of anilines is 1. The van der Waals surface area contributed by atoms with E-state index in [0.29, 0.717) is 22.3 Å². The third kappa shape index (κ3) is 3.06. The van der Waals surface area contributed by atoms with Gasteiger partial charge in [0.05, 0.1) is 17.6 Å². The van der Waals surface area contributed by atoms with E-state index in [9.17, 15) is 4.79 Å². The number of nitrogens with zero attached hydrogens (tertiary/aromatic N) is 2. The van der Waals surface area contributed by atoms with Crippen molar-refractivity contribution in [2.75, 3.05) is 11.9 Å². The molecule has 6 heteroatoms. The number of halogens is 2. The normalized spacial score (nSPS) is 14.8. The Hall–Kier alpha value is -1.52. The minimum atomic E-state index is -0.336. The van der Waals surface area contributed by atoms with Gasteiger partial charge in [-0.05, 0) is 43.0 Å². The average molecular weight is 324 g/mol. The van der Waals surface area contributed by atoms with E-state index in [-0.39, 0.29) is 10.6 Å². The van der Waals surface area contributed by atoms with Gasteiger partial charge < -0.3 is 5.32 Å². The molecule has 21 heavy (non-hydrogen) atoms. The Morgan fingerprint density at radius 1 is 1.24 bits per heavy atom. The Bertz CT molecular complexity index is 693. The highest BCUT2D eigenvalue weighted by Gasteiger charge is 2.18. The summed E-state index contributed by atoms with van der Waals surface area (Å²) in [6.45, 7) is 0.839. The Morgan fingerprint density at radius 3 is 2.57 bits per heavy atom. The summed E-state index contributed by atoms with van der Waals surface area (Å²) in [5, 5.41) is 8.16. The summed E-state index contributed by atoms with van der Waals surface area (Å²) >= 11 is 12.0. The van der Waals surface area contributed by atoms with Crippen LogP contribution in [0.4, 0.5) is 5.69 Å². The molecular formula is C15H15Cl2N3O. The molecule has 3 rings (SSSR count). The fourth-order valence-corrected chi connectivity index (χ4v) is 2.60. The fraction of sp³-hybridized carbons (Fsp3) is 0.333. The van der Waals surface area contributed by atoms with Crippen molar-refractivity contribution >= 4 is 28.9 Å². The summed E-state index contributed by atoms with van der Waals surface area (Å²) in [6, 6.07) is 6.88. The van der Waals surface area contributed by atoms with Crippen molar-refractivity contribution in [2.24, 2.45) is 5.92 Å². The van der Waals surface area contributed by atoms with Crippen LogP contribution in [0.3, 0.4) is 0 Å². The Labute approximate surface area is 132 Å².